The molecule has 2 N–H and O–H groups in total. The van der Waals surface area contributed by atoms with Crippen molar-refractivity contribution in [3.8, 4) is 23.0 Å². The van der Waals surface area contributed by atoms with E-state index in [2.05, 4.69) is 40.2 Å². The molecule has 0 atom stereocenters. The average Bonchev–Trinajstić information content (AvgIpc) is 3.28. The molecule has 33 heavy (non-hydrogen) atoms. The highest BCUT2D eigenvalue weighted by Gasteiger charge is 2.12. The highest BCUT2D eigenvalue weighted by atomic mass is 127. The molecule has 0 unspecified atom stereocenters. The van der Waals surface area contributed by atoms with Crippen molar-refractivity contribution in [2.45, 2.75) is 26.4 Å². The average molecular weight is 562 g/mol. The minimum Gasteiger partial charge on any atom is -0.493 e. The fourth-order valence-electron chi connectivity index (χ4n) is 3.31. The monoisotopic (exact) mass is 562 g/mol. The summed E-state index contributed by atoms with van der Waals surface area (Å²) >= 11 is 0. The molecular weight excluding hydrogens is 531 g/mol. The second kappa shape index (κ2) is 12.9. The highest BCUT2D eigenvalue weighted by Crippen LogP contribution is 2.33. The molecular formula is C25H31IN4O3. The van der Waals surface area contributed by atoms with Crippen molar-refractivity contribution in [1.82, 2.24) is 15.6 Å². The van der Waals surface area contributed by atoms with Crippen LogP contribution in [0.2, 0.25) is 0 Å². The van der Waals surface area contributed by atoms with Gasteiger partial charge in [-0.3, -0.25) is 4.99 Å². The lowest BCUT2D eigenvalue weighted by Crippen LogP contribution is -2.36. The predicted molar refractivity (Wildman–Crippen MR) is 143 cm³/mol. The van der Waals surface area contributed by atoms with E-state index in [1.165, 1.54) is 5.56 Å². The Morgan fingerprint density at radius 2 is 1.85 bits per heavy atom. The molecule has 7 nitrogen and oxygen atoms in total. The summed E-state index contributed by atoms with van der Waals surface area (Å²) in [7, 11) is 5.01. The Morgan fingerprint density at radius 1 is 1.12 bits per heavy atom. The second-order valence-electron chi connectivity index (χ2n) is 7.27. The van der Waals surface area contributed by atoms with Crippen LogP contribution in [0.25, 0.3) is 11.5 Å². The Labute approximate surface area is 212 Å². The number of hydrogen-bond acceptors (Lipinski definition) is 5. The number of rotatable bonds is 9. The molecule has 0 aliphatic heterocycles. The molecule has 0 amide bonds. The molecule has 0 saturated carbocycles. The number of oxazole rings is 1. The summed E-state index contributed by atoms with van der Waals surface area (Å²) in [6, 6.07) is 12.1. The fraction of sp³-hybridized carbons (Fsp3) is 0.280. The molecule has 0 aliphatic carbocycles. The van der Waals surface area contributed by atoms with Crippen molar-refractivity contribution >= 4 is 29.9 Å². The van der Waals surface area contributed by atoms with E-state index in [9.17, 15) is 0 Å². The van der Waals surface area contributed by atoms with E-state index in [-0.39, 0.29) is 24.0 Å². The molecule has 0 saturated heterocycles. The number of nitrogens with one attached hydrogen (secondary N) is 2. The molecule has 1 heterocycles. The van der Waals surface area contributed by atoms with Crippen LogP contribution >= 0.6 is 24.0 Å². The number of guanidine groups is 1. The Bertz CT molecular complexity index is 1080. The van der Waals surface area contributed by atoms with Crippen LogP contribution in [-0.2, 0) is 19.5 Å². The lowest BCUT2D eigenvalue weighted by Gasteiger charge is -2.16. The maximum atomic E-state index is 5.62. The minimum absolute atomic E-state index is 0. The third kappa shape index (κ3) is 6.98. The standard InChI is InChI=1S/C25H30N4O3.HI/c1-6-7-20-12-18(13-22(30-4)23(20)31-5)14-27-25(26-3)28-15-21-16-32-24(29-21)19-10-8-17(2)9-11-19;/h6,8-13,16H,1,7,14-15H2,2-5H3,(H2,26,27,28);1H. The van der Waals surface area contributed by atoms with E-state index < -0.39 is 0 Å². The molecule has 2 aromatic carbocycles. The first-order valence-corrected chi connectivity index (χ1v) is 10.4. The number of aryl methyl sites for hydroxylation is 1. The molecule has 1 aromatic heterocycles. The van der Waals surface area contributed by atoms with Crippen molar-refractivity contribution in [3.63, 3.8) is 0 Å². The van der Waals surface area contributed by atoms with Gasteiger partial charge in [-0.05, 0) is 43.2 Å². The van der Waals surface area contributed by atoms with E-state index in [4.69, 9.17) is 13.9 Å². The summed E-state index contributed by atoms with van der Waals surface area (Å²) in [5.74, 6) is 2.68. The second-order valence-corrected chi connectivity index (χ2v) is 7.27. The first-order valence-electron chi connectivity index (χ1n) is 10.4. The normalized spacial score (nSPS) is 10.8. The van der Waals surface area contributed by atoms with Gasteiger partial charge in [0.1, 0.15) is 6.26 Å². The molecule has 8 heteroatoms. The maximum Gasteiger partial charge on any atom is 0.226 e. The number of halogens is 1. The summed E-state index contributed by atoms with van der Waals surface area (Å²) < 4.78 is 16.6. The number of aliphatic imine (C=N–C) groups is 1. The molecule has 0 fully saturated rings. The van der Waals surface area contributed by atoms with E-state index in [1.807, 2.05) is 36.4 Å². The number of aromatic nitrogens is 1. The number of hydrogen-bond donors (Lipinski definition) is 2. The van der Waals surface area contributed by atoms with Crippen LogP contribution in [0.15, 0.2) is 64.7 Å². The quantitative estimate of drug-likeness (QED) is 0.168. The van der Waals surface area contributed by atoms with Gasteiger partial charge in [-0.25, -0.2) is 4.98 Å². The molecule has 0 aliphatic rings. The first kappa shape index (κ1) is 26.2. The van der Waals surface area contributed by atoms with Crippen LogP contribution in [-0.4, -0.2) is 32.2 Å². The highest BCUT2D eigenvalue weighted by molar-refractivity contribution is 14.0. The molecule has 3 rings (SSSR count). The van der Waals surface area contributed by atoms with Crippen molar-refractivity contribution in [3.05, 3.63) is 77.7 Å². The topological polar surface area (TPSA) is 80.9 Å². The number of nitrogens with zero attached hydrogens (tertiary/aromatic N) is 2. The van der Waals surface area contributed by atoms with Gasteiger partial charge >= 0.3 is 0 Å². The largest absolute Gasteiger partial charge is 0.493 e. The number of methoxy groups -OCH3 is 2. The SMILES string of the molecule is C=CCc1cc(CNC(=NC)NCc2coc(-c3ccc(C)cc3)n2)cc(OC)c1OC.I. The van der Waals surface area contributed by atoms with Crippen LogP contribution in [0.4, 0.5) is 0 Å². The molecule has 3 aromatic rings. The van der Waals surface area contributed by atoms with Crippen molar-refractivity contribution < 1.29 is 13.9 Å². The lowest BCUT2D eigenvalue weighted by molar-refractivity contribution is 0.352. The van der Waals surface area contributed by atoms with E-state index in [0.717, 1.165) is 28.1 Å². The third-order valence-electron chi connectivity index (χ3n) is 4.95. The van der Waals surface area contributed by atoms with Gasteiger partial charge in [-0.15, -0.1) is 30.6 Å². The fourth-order valence-corrected chi connectivity index (χ4v) is 3.31. The van der Waals surface area contributed by atoms with E-state index in [0.29, 0.717) is 37.1 Å². The number of allylic oxidation sites excluding steroid dienone is 1. The number of ether oxygens (including phenoxy) is 2. The van der Waals surface area contributed by atoms with Crippen molar-refractivity contribution in [1.29, 1.82) is 0 Å². The lowest BCUT2D eigenvalue weighted by atomic mass is 10.1. The van der Waals surface area contributed by atoms with Gasteiger partial charge in [0, 0.05) is 24.7 Å². The Morgan fingerprint density at radius 3 is 2.48 bits per heavy atom. The minimum atomic E-state index is 0. The summed E-state index contributed by atoms with van der Waals surface area (Å²) in [6.45, 7) is 6.93. The van der Waals surface area contributed by atoms with Gasteiger partial charge in [0.05, 0.1) is 26.5 Å². The summed E-state index contributed by atoms with van der Waals surface area (Å²) in [4.78, 5) is 8.85. The third-order valence-corrected chi connectivity index (χ3v) is 4.95. The first-order chi connectivity index (χ1) is 15.6. The van der Waals surface area contributed by atoms with Crippen LogP contribution in [0.3, 0.4) is 0 Å². The van der Waals surface area contributed by atoms with E-state index in [1.54, 1.807) is 27.5 Å². The Balaban J connectivity index is 0.00000385. The summed E-state index contributed by atoms with van der Waals surface area (Å²) in [5, 5.41) is 6.58. The molecule has 0 bridgehead atoms. The smallest absolute Gasteiger partial charge is 0.226 e. The molecule has 0 radical (unpaired) electrons. The number of benzene rings is 2. The molecule has 176 valence electrons. The Hall–Kier alpha value is -3.01. The zero-order valence-corrected chi connectivity index (χ0v) is 21.8. The van der Waals surface area contributed by atoms with Gasteiger partial charge in [-0.1, -0.05) is 23.8 Å². The van der Waals surface area contributed by atoms with Crippen molar-refractivity contribution in [2.75, 3.05) is 21.3 Å². The van der Waals surface area contributed by atoms with Crippen LogP contribution in [0.1, 0.15) is 22.4 Å². The Kier molecular flexibility index (Phi) is 10.2. The van der Waals surface area contributed by atoms with E-state index >= 15 is 0 Å². The van der Waals surface area contributed by atoms with Crippen LogP contribution < -0.4 is 20.1 Å². The van der Waals surface area contributed by atoms with Gasteiger partial charge in [0.15, 0.2) is 17.5 Å². The van der Waals surface area contributed by atoms with Crippen LogP contribution in [0, 0.1) is 6.92 Å². The zero-order chi connectivity index (χ0) is 22.9. The van der Waals surface area contributed by atoms with Gasteiger partial charge in [0.25, 0.3) is 0 Å². The van der Waals surface area contributed by atoms with Gasteiger partial charge in [-0.2, -0.15) is 0 Å². The van der Waals surface area contributed by atoms with Crippen LogP contribution in [0.5, 0.6) is 11.5 Å². The van der Waals surface area contributed by atoms with Gasteiger partial charge in [0.2, 0.25) is 5.89 Å². The molecule has 0 spiro atoms. The van der Waals surface area contributed by atoms with Crippen molar-refractivity contribution in [2.24, 2.45) is 4.99 Å². The zero-order valence-electron chi connectivity index (χ0n) is 19.5. The van der Waals surface area contributed by atoms with Gasteiger partial charge < -0.3 is 24.5 Å². The summed E-state index contributed by atoms with van der Waals surface area (Å²) in [6.07, 6.45) is 4.19. The maximum absolute atomic E-state index is 5.62. The summed E-state index contributed by atoms with van der Waals surface area (Å²) in [5.41, 5.74) is 5.01. The predicted octanol–water partition coefficient (Wildman–Crippen LogP) is 4.88.